The number of hydrogen-bond donors (Lipinski definition) is 3. The Balaban J connectivity index is 1.73. The van der Waals surface area contributed by atoms with Crippen LogP contribution in [0.5, 0.6) is 0 Å². The highest BCUT2D eigenvalue weighted by Gasteiger charge is 2.12. The van der Waals surface area contributed by atoms with Crippen LogP contribution >= 0.6 is 0 Å². The number of rotatable bonds is 7. The highest BCUT2D eigenvalue weighted by atomic mass is 16.5. The molecule has 116 valence electrons. The Labute approximate surface area is 124 Å². The molecule has 0 aliphatic carbocycles. The van der Waals surface area contributed by atoms with Crippen LogP contribution in [0, 0.1) is 0 Å². The van der Waals surface area contributed by atoms with Crippen molar-refractivity contribution in [2.24, 2.45) is 5.73 Å². The Kier molecular flexibility index (Phi) is 5.98. The lowest BCUT2D eigenvalue weighted by atomic mass is 10.1. The fraction of sp³-hybridized carbons (Fsp3) is 0.533. The van der Waals surface area contributed by atoms with Crippen molar-refractivity contribution in [3.05, 3.63) is 29.8 Å². The first-order valence-corrected chi connectivity index (χ1v) is 7.26. The Morgan fingerprint density at radius 3 is 2.62 bits per heavy atom. The van der Waals surface area contributed by atoms with Crippen molar-refractivity contribution in [3.63, 3.8) is 0 Å². The van der Waals surface area contributed by atoms with Crippen LogP contribution in [0.15, 0.2) is 24.3 Å². The summed E-state index contributed by atoms with van der Waals surface area (Å²) in [5.74, 6) is -0.970. The summed E-state index contributed by atoms with van der Waals surface area (Å²) in [5, 5.41) is 12.2. The third-order valence-corrected chi connectivity index (χ3v) is 3.59. The summed E-state index contributed by atoms with van der Waals surface area (Å²) in [6.07, 6.45) is 0.351. The molecule has 1 saturated heterocycles. The van der Waals surface area contributed by atoms with Crippen LogP contribution in [0.3, 0.4) is 0 Å². The van der Waals surface area contributed by atoms with E-state index in [1.807, 2.05) is 24.3 Å². The van der Waals surface area contributed by atoms with Crippen molar-refractivity contribution in [2.75, 3.05) is 44.7 Å². The minimum Gasteiger partial charge on any atom is -0.480 e. The zero-order valence-corrected chi connectivity index (χ0v) is 12.1. The molecule has 0 amide bonds. The summed E-state index contributed by atoms with van der Waals surface area (Å²) in [7, 11) is 0. The molecule has 6 heteroatoms. The van der Waals surface area contributed by atoms with Crippen molar-refractivity contribution in [1.82, 2.24) is 4.90 Å². The van der Waals surface area contributed by atoms with Gasteiger partial charge in [0.25, 0.3) is 0 Å². The zero-order chi connectivity index (χ0) is 15.1. The topological polar surface area (TPSA) is 87.8 Å². The van der Waals surface area contributed by atoms with E-state index >= 15 is 0 Å². The van der Waals surface area contributed by atoms with Crippen molar-refractivity contribution in [1.29, 1.82) is 0 Å². The lowest BCUT2D eigenvalue weighted by molar-refractivity contribution is -0.138. The number of morpholine rings is 1. The number of anilines is 1. The molecule has 6 nitrogen and oxygen atoms in total. The molecule has 1 heterocycles. The Bertz CT molecular complexity index is 444. The normalized spacial score (nSPS) is 17.4. The van der Waals surface area contributed by atoms with Gasteiger partial charge < -0.3 is 20.9 Å². The average Bonchev–Trinajstić information content (AvgIpc) is 2.50. The number of aliphatic carboxylic acids is 1. The molecule has 1 aliphatic rings. The Morgan fingerprint density at radius 1 is 1.33 bits per heavy atom. The van der Waals surface area contributed by atoms with E-state index in [2.05, 4.69) is 10.2 Å². The monoisotopic (exact) mass is 293 g/mol. The second kappa shape index (κ2) is 7.97. The van der Waals surface area contributed by atoms with Gasteiger partial charge in [0.15, 0.2) is 0 Å². The Morgan fingerprint density at radius 2 is 2.00 bits per heavy atom. The first kappa shape index (κ1) is 15.8. The number of carboxylic acid groups (broad SMARTS) is 1. The predicted molar refractivity (Wildman–Crippen MR) is 81.5 cm³/mol. The minimum absolute atomic E-state index is 0.351. The standard InChI is InChI=1S/C15H23N3O3/c16-14(15(19)20)11-12-1-3-13(4-2-12)17-5-6-18-7-9-21-10-8-18/h1-4,14,17H,5-11,16H2,(H,19,20)/t14-/m0/s1. The van der Waals surface area contributed by atoms with Gasteiger partial charge in [-0.2, -0.15) is 0 Å². The highest BCUT2D eigenvalue weighted by molar-refractivity contribution is 5.73. The fourth-order valence-electron chi connectivity index (χ4n) is 2.28. The van der Waals surface area contributed by atoms with Crippen molar-refractivity contribution in [3.8, 4) is 0 Å². The van der Waals surface area contributed by atoms with Gasteiger partial charge in [-0.3, -0.25) is 9.69 Å². The van der Waals surface area contributed by atoms with E-state index in [0.29, 0.717) is 6.42 Å². The van der Waals surface area contributed by atoms with E-state index in [9.17, 15) is 4.79 Å². The molecule has 1 fully saturated rings. The van der Waals surface area contributed by atoms with Gasteiger partial charge >= 0.3 is 5.97 Å². The second-order valence-corrected chi connectivity index (χ2v) is 5.23. The molecule has 4 N–H and O–H groups in total. The molecule has 0 unspecified atom stereocenters. The third-order valence-electron chi connectivity index (χ3n) is 3.59. The number of ether oxygens (including phenoxy) is 1. The van der Waals surface area contributed by atoms with Crippen LogP contribution in [0.25, 0.3) is 0 Å². The summed E-state index contributed by atoms with van der Waals surface area (Å²) in [6.45, 7) is 5.50. The van der Waals surface area contributed by atoms with Gasteiger partial charge in [0.2, 0.25) is 0 Å². The summed E-state index contributed by atoms with van der Waals surface area (Å²) < 4.78 is 5.31. The third kappa shape index (κ3) is 5.34. The largest absolute Gasteiger partial charge is 0.480 e. The zero-order valence-electron chi connectivity index (χ0n) is 12.1. The molecule has 1 atom stereocenters. The number of carboxylic acids is 1. The van der Waals surface area contributed by atoms with Gasteiger partial charge in [0.05, 0.1) is 13.2 Å². The van der Waals surface area contributed by atoms with Crippen LogP contribution in [-0.2, 0) is 16.0 Å². The molecular formula is C15H23N3O3. The first-order chi connectivity index (χ1) is 10.1. The molecular weight excluding hydrogens is 270 g/mol. The van der Waals surface area contributed by atoms with Crippen molar-refractivity contribution < 1.29 is 14.6 Å². The van der Waals surface area contributed by atoms with Gasteiger partial charge in [0, 0.05) is 31.9 Å². The maximum absolute atomic E-state index is 10.7. The molecule has 0 aromatic heterocycles. The van der Waals surface area contributed by atoms with E-state index in [0.717, 1.165) is 50.6 Å². The van der Waals surface area contributed by atoms with Gasteiger partial charge in [-0.05, 0) is 24.1 Å². The molecule has 21 heavy (non-hydrogen) atoms. The molecule has 0 saturated carbocycles. The first-order valence-electron chi connectivity index (χ1n) is 7.26. The molecule has 0 bridgehead atoms. The minimum atomic E-state index is -0.970. The number of nitrogens with zero attached hydrogens (tertiary/aromatic N) is 1. The summed E-state index contributed by atoms with van der Waals surface area (Å²) in [6, 6.07) is 6.91. The molecule has 1 aromatic carbocycles. The maximum Gasteiger partial charge on any atom is 0.320 e. The number of nitrogens with one attached hydrogen (secondary N) is 1. The number of benzene rings is 1. The van der Waals surface area contributed by atoms with Crippen LogP contribution < -0.4 is 11.1 Å². The second-order valence-electron chi connectivity index (χ2n) is 5.23. The summed E-state index contributed by atoms with van der Waals surface area (Å²) in [4.78, 5) is 13.1. The van der Waals surface area contributed by atoms with Crippen molar-refractivity contribution in [2.45, 2.75) is 12.5 Å². The maximum atomic E-state index is 10.7. The van der Waals surface area contributed by atoms with Gasteiger partial charge in [-0.25, -0.2) is 0 Å². The molecule has 0 radical (unpaired) electrons. The van der Waals surface area contributed by atoms with Crippen LogP contribution in [-0.4, -0.2) is 61.4 Å². The lowest BCUT2D eigenvalue weighted by Crippen LogP contribution is -2.39. The molecule has 1 aliphatic heterocycles. The van der Waals surface area contributed by atoms with Crippen molar-refractivity contribution >= 4 is 11.7 Å². The van der Waals surface area contributed by atoms with E-state index in [4.69, 9.17) is 15.6 Å². The van der Waals surface area contributed by atoms with Gasteiger partial charge in [-0.15, -0.1) is 0 Å². The lowest BCUT2D eigenvalue weighted by Gasteiger charge is -2.26. The Hall–Kier alpha value is -1.63. The number of carbonyl (C=O) groups is 1. The quantitative estimate of drug-likeness (QED) is 0.674. The van der Waals surface area contributed by atoms with Gasteiger partial charge in [-0.1, -0.05) is 12.1 Å². The summed E-state index contributed by atoms with van der Waals surface area (Å²) >= 11 is 0. The molecule has 2 rings (SSSR count). The molecule has 1 aromatic rings. The van der Waals surface area contributed by atoms with E-state index in [1.165, 1.54) is 0 Å². The highest BCUT2D eigenvalue weighted by Crippen LogP contribution is 2.11. The van der Waals surface area contributed by atoms with Gasteiger partial charge in [0.1, 0.15) is 6.04 Å². The number of hydrogen-bond acceptors (Lipinski definition) is 5. The SMILES string of the molecule is N[C@@H](Cc1ccc(NCCN2CCOCC2)cc1)C(=O)O. The van der Waals surface area contributed by atoms with Crippen LogP contribution in [0.1, 0.15) is 5.56 Å². The summed E-state index contributed by atoms with van der Waals surface area (Å²) in [5.41, 5.74) is 7.49. The van der Waals surface area contributed by atoms with E-state index in [1.54, 1.807) is 0 Å². The van der Waals surface area contributed by atoms with Crippen LogP contribution in [0.4, 0.5) is 5.69 Å². The van der Waals surface area contributed by atoms with Crippen LogP contribution in [0.2, 0.25) is 0 Å². The average molecular weight is 293 g/mol. The van der Waals surface area contributed by atoms with E-state index < -0.39 is 12.0 Å². The fourth-order valence-corrected chi connectivity index (χ4v) is 2.28. The van der Waals surface area contributed by atoms with E-state index in [-0.39, 0.29) is 0 Å². The predicted octanol–water partition coefficient (Wildman–Crippen LogP) is 0.385. The smallest absolute Gasteiger partial charge is 0.320 e. The molecule has 0 spiro atoms. The number of nitrogens with two attached hydrogens (primary N) is 1.